The third kappa shape index (κ3) is 6.14. The average molecular weight is 345 g/mol. The minimum Gasteiger partial charge on any atom is -0.508 e. The second-order valence-electron chi connectivity index (χ2n) is 7.80. The molecule has 0 saturated heterocycles. The van der Waals surface area contributed by atoms with Crippen LogP contribution in [0.1, 0.15) is 41.0 Å². The lowest BCUT2D eigenvalue weighted by Crippen LogP contribution is -2.46. The number of carbonyl (C=O) groups excluding carboxylic acids is 1. The van der Waals surface area contributed by atoms with E-state index in [1.54, 1.807) is 18.5 Å². The van der Waals surface area contributed by atoms with Crippen LogP contribution in [0.15, 0.2) is 36.8 Å². The predicted molar refractivity (Wildman–Crippen MR) is 97.4 cm³/mol. The second-order valence-corrected chi connectivity index (χ2v) is 7.80. The van der Waals surface area contributed by atoms with Crippen LogP contribution in [0.5, 0.6) is 5.75 Å². The number of phenolic OH excluding ortho intramolecular Hbond substituents is 1. The van der Waals surface area contributed by atoms with Crippen LogP contribution in [0, 0.1) is 0 Å². The number of hydrogen-bond donors (Lipinski definition) is 2. The van der Waals surface area contributed by atoms with Crippen molar-refractivity contribution in [1.82, 2.24) is 14.9 Å². The van der Waals surface area contributed by atoms with Gasteiger partial charge in [0.25, 0.3) is 0 Å². The van der Waals surface area contributed by atoms with Gasteiger partial charge < -0.3 is 19.7 Å². The summed E-state index contributed by atoms with van der Waals surface area (Å²) in [5, 5.41) is 12.3. The first-order valence-electron chi connectivity index (χ1n) is 8.36. The first-order valence-corrected chi connectivity index (χ1v) is 8.36. The molecule has 0 radical (unpaired) electrons. The summed E-state index contributed by atoms with van der Waals surface area (Å²) < 4.78 is 7.29. The van der Waals surface area contributed by atoms with Crippen molar-refractivity contribution in [3.05, 3.63) is 36.8 Å². The number of carbonyl (C=O) groups is 1. The number of nitrogens with zero attached hydrogens (tertiary/aromatic N) is 2. The fraction of sp³-hybridized carbons (Fsp3) is 0.474. The zero-order valence-corrected chi connectivity index (χ0v) is 15.5. The molecule has 25 heavy (non-hydrogen) atoms. The quantitative estimate of drug-likeness (QED) is 0.860. The maximum Gasteiger partial charge on any atom is 0.408 e. The largest absolute Gasteiger partial charge is 0.508 e. The first-order chi connectivity index (χ1) is 11.5. The third-order valence-electron chi connectivity index (χ3n) is 3.63. The molecule has 1 aromatic heterocycles. The van der Waals surface area contributed by atoms with Gasteiger partial charge in [0.2, 0.25) is 0 Å². The van der Waals surface area contributed by atoms with Crippen molar-refractivity contribution in [2.75, 3.05) is 0 Å². The Labute approximate surface area is 148 Å². The number of nitrogens with one attached hydrogen (secondary N) is 1. The minimum atomic E-state index is -0.510. The highest BCUT2D eigenvalue weighted by Crippen LogP contribution is 2.20. The lowest BCUT2D eigenvalue weighted by atomic mass is 10.0. The number of alkyl carbamates (subject to hydrolysis) is 1. The van der Waals surface area contributed by atoms with Crippen LogP contribution >= 0.6 is 0 Å². The van der Waals surface area contributed by atoms with Crippen molar-refractivity contribution < 1.29 is 14.6 Å². The molecule has 136 valence electrons. The van der Waals surface area contributed by atoms with E-state index < -0.39 is 17.2 Å². The van der Waals surface area contributed by atoms with E-state index in [0.717, 1.165) is 17.7 Å². The molecule has 1 aromatic carbocycles. The van der Waals surface area contributed by atoms with Gasteiger partial charge in [0.15, 0.2) is 0 Å². The number of aromatic hydroxyl groups is 1. The Hall–Kier alpha value is -2.50. The molecule has 6 heteroatoms. The standard InChI is InChI=1S/C19H27N3O3/c1-18(2,3)25-17(24)21-19(4,5)10-11-22-12-16(20-13-22)14-6-8-15(23)9-7-14/h6-9,12-13,23H,10-11H2,1-5H3,(H,21,24). The molecule has 2 N–H and O–H groups in total. The van der Waals surface area contributed by atoms with Crippen LogP contribution in [-0.4, -0.2) is 31.9 Å². The summed E-state index contributed by atoms with van der Waals surface area (Å²) in [6.07, 6.45) is 4.05. The van der Waals surface area contributed by atoms with E-state index in [1.807, 2.05) is 57.5 Å². The summed E-state index contributed by atoms with van der Waals surface area (Å²) in [6.45, 7) is 10.2. The third-order valence-corrected chi connectivity index (χ3v) is 3.63. The molecule has 6 nitrogen and oxygen atoms in total. The van der Waals surface area contributed by atoms with Crippen LogP contribution < -0.4 is 5.32 Å². The van der Waals surface area contributed by atoms with Crippen molar-refractivity contribution in [1.29, 1.82) is 0 Å². The molecule has 1 heterocycles. The maximum atomic E-state index is 11.9. The molecule has 0 atom stereocenters. The summed E-state index contributed by atoms with van der Waals surface area (Å²) in [5.74, 6) is 0.234. The van der Waals surface area contributed by atoms with Crippen LogP contribution in [-0.2, 0) is 11.3 Å². The van der Waals surface area contributed by atoms with Gasteiger partial charge in [-0.3, -0.25) is 0 Å². The van der Waals surface area contributed by atoms with E-state index in [2.05, 4.69) is 10.3 Å². The lowest BCUT2D eigenvalue weighted by Gasteiger charge is -2.28. The Morgan fingerprint density at radius 2 is 1.84 bits per heavy atom. The lowest BCUT2D eigenvalue weighted by molar-refractivity contribution is 0.0466. The fourth-order valence-electron chi connectivity index (χ4n) is 2.31. The van der Waals surface area contributed by atoms with E-state index in [0.29, 0.717) is 6.54 Å². The molecule has 0 aliphatic rings. The average Bonchev–Trinajstić information content (AvgIpc) is 2.92. The van der Waals surface area contributed by atoms with Crippen LogP contribution in [0.25, 0.3) is 11.3 Å². The second kappa shape index (κ2) is 7.17. The van der Waals surface area contributed by atoms with E-state index in [-0.39, 0.29) is 5.75 Å². The van der Waals surface area contributed by atoms with E-state index in [4.69, 9.17) is 4.74 Å². The number of hydrogen-bond acceptors (Lipinski definition) is 4. The fourth-order valence-corrected chi connectivity index (χ4v) is 2.31. The van der Waals surface area contributed by atoms with Gasteiger partial charge in [0, 0.05) is 23.8 Å². The number of aryl methyl sites for hydroxylation is 1. The van der Waals surface area contributed by atoms with Crippen molar-refractivity contribution >= 4 is 6.09 Å². The van der Waals surface area contributed by atoms with Gasteiger partial charge in [-0.25, -0.2) is 9.78 Å². The molecule has 0 aliphatic heterocycles. The molecule has 0 bridgehead atoms. The van der Waals surface area contributed by atoms with E-state index >= 15 is 0 Å². The summed E-state index contributed by atoms with van der Waals surface area (Å²) >= 11 is 0. The van der Waals surface area contributed by atoms with Crippen molar-refractivity contribution in [3.63, 3.8) is 0 Å². The number of aromatic nitrogens is 2. The van der Waals surface area contributed by atoms with Crippen LogP contribution in [0.3, 0.4) is 0 Å². The number of rotatable bonds is 5. The molecule has 0 saturated carbocycles. The Morgan fingerprint density at radius 3 is 2.44 bits per heavy atom. The SMILES string of the molecule is CC(C)(CCn1cnc(-c2ccc(O)cc2)c1)NC(=O)OC(C)(C)C. The Balaban J connectivity index is 1.92. The smallest absolute Gasteiger partial charge is 0.408 e. The number of imidazole rings is 1. The highest BCUT2D eigenvalue weighted by molar-refractivity contribution is 5.68. The number of benzene rings is 1. The molecule has 0 aliphatic carbocycles. The number of amides is 1. The van der Waals surface area contributed by atoms with E-state index in [9.17, 15) is 9.90 Å². The number of ether oxygens (including phenoxy) is 1. The summed E-state index contributed by atoms with van der Waals surface area (Å²) in [6, 6.07) is 6.94. The molecule has 0 fully saturated rings. The highest BCUT2D eigenvalue weighted by atomic mass is 16.6. The van der Waals surface area contributed by atoms with Crippen molar-refractivity contribution in [2.24, 2.45) is 0 Å². The van der Waals surface area contributed by atoms with Crippen molar-refractivity contribution in [3.8, 4) is 17.0 Å². The Bertz CT molecular complexity index is 712. The molecular formula is C19H27N3O3. The molecule has 0 unspecified atom stereocenters. The maximum absolute atomic E-state index is 11.9. The van der Waals surface area contributed by atoms with Gasteiger partial charge in [0.05, 0.1) is 12.0 Å². The highest BCUT2D eigenvalue weighted by Gasteiger charge is 2.24. The van der Waals surface area contributed by atoms with Gasteiger partial charge in [-0.05, 0) is 65.3 Å². The molecule has 2 rings (SSSR count). The monoisotopic (exact) mass is 345 g/mol. The molecule has 2 aromatic rings. The normalized spacial score (nSPS) is 12.0. The summed E-state index contributed by atoms with van der Waals surface area (Å²) in [4.78, 5) is 16.3. The first kappa shape index (κ1) is 18.8. The number of phenols is 1. The Kier molecular flexibility index (Phi) is 5.40. The Morgan fingerprint density at radius 1 is 1.20 bits per heavy atom. The van der Waals surface area contributed by atoms with Crippen LogP contribution in [0.2, 0.25) is 0 Å². The zero-order chi connectivity index (χ0) is 18.7. The zero-order valence-electron chi connectivity index (χ0n) is 15.5. The minimum absolute atomic E-state index is 0.234. The molecule has 0 spiro atoms. The summed E-state index contributed by atoms with van der Waals surface area (Å²) in [5.41, 5.74) is 0.884. The predicted octanol–water partition coefficient (Wildman–Crippen LogP) is 3.95. The van der Waals surface area contributed by atoms with Crippen LogP contribution in [0.4, 0.5) is 4.79 Å². The van der Waals surface area contributed by atoms with Gasteiger partial charge in [-0.15, -0.1) is 0 Å². The van der Waals surface area contributed by atoms with Gasteiger partial charge in [-0.2, -0.15) is 0 Å². The topological polar surface area (TPSA) is 76.4 Å². The van der Waals surface area contributed by atoms with Gasteiger partial charge in [0.1, 0.15) is 11.4 Å². The van der Waals surface area contributed by atoms with Gasteiger partial charge >= 0.3 is 6.09 Å². The van der Waals surface area contributed by atoms with Gasteiger partial charge in [-0.1, -0.05) is 0 Å². The van der Waals surface area contributed by atoms with Crippen molar-refractivity contribution in [2.45, 2.75) is 58.7 Å². The summed E-state index contributed by atoms with van der Waals surface area (Å²) in [7, 11) is 0. The van der Waals surface area contributed by atoms with E-state index in [1.165, 1.54) is 0 Å². The molecule has 1 amide bonds. The molecular weight excluding hydrogens is 318 g/mol.